The van der Waals surface area contributed by atoms with Crippen molar-refractivity contribution >= 4 is 11.1 Å². The number of aromatic nitrogens is 3. The van der Waals surface area contributed by atoms with Crippen molar-refractivity contribution in [2.45, 2.75) is 0 Å². The Morgan fingerprint density at radius 3 is 1.60 bits per heavy atom. The van der Waals surface area contributed by atoms with E-state index in [0.29, 0.717) is 11.7 Å². The third-order valence-electron chi connectivity index (χ3n) is 7.95. The fraction of sp³-hybridized carbons (Fsp3) is 0. The Kier molecular flexibility index (Phi) is 6.78. The van der Waals surface area contributed by atoms with Crippen molar-refractivity contribution < 1.29 is 4.42 Å². The van der Waals surface area contributed by atoms with Crippen LogP contribution < -0.4 is 0 Å². The molecular formula is C41H27N3O. The molecule has 0 amide bonds. The van der Waals surface area contributed by atoms with E-state index in [0.717, 1.165) is 61.4 Å². The lowest BCUT2D eigenvalue weighted by Gasteiger charge is -2.11. The van der Waals surface area contributed by atoms with Gasteiger partial charge in [-0.3, -0.25) is 0 Å². The highest BCUT2D eigenvalue weighted by molar-refractivity contribution is 5.93. The Morgan fingerprint density at radius 2 is 0.889 bits per heavy atom. The molecule has 2 heterocycles. The van der Waals surface area contributed by atoms with Crippen molar-refractivity contribution in [3.05, 3.63) is 164 Å². The van der Waals surface area contributed by atoms with Crippen LogP contribution in [0, 0.1) is 0 Å². The molecule has 0 atom stereocenters. The first kappa shape index (κ1) is 26.5. The molecule has 212 valence electrons. The van der Waals surface area contributed by atoms with Gasteiger partial charge in [0.05, 0.1) is 11.4 Å². The molecule has 4 heteroatoms. The van der Waals surface area contributed by atoms with Crippen LogP contribution in [0.2, 0.25) is 0 Å². The van der Waals surface area contributed by atoms with Gasteiger partial charge in [0, 0.05) is 27.8 Å². The number of fused-ring (bicyclic) bond motifs is 1. The predicted octanol–water partition coefficient (Wildman–Crippen LogP) is 10.6. The molecular weight excluding hydrogens is 550 g/mol. The first-order valence-corrected chi connectivity index (χ1v) is 14.9. The SMILES string of the molecule is c1ccc(-c2ccc(-c3nc(-c4ccccc4)cc(-c4cccc(-c5cccc6oc(-c7ccccc7)nc56)c4)n3)cc2)cc1. The van der Waals surface area contributed by atoms with Gasteiger partial charge in [0.2, 0.25) is 5.89 Å². The number of para-hydroxylation sites is 1. The fourth-order valence-corrected chi connectivity index (χ4v) is 5.66. The van der Waals surface area contributed by atoms with E-state index in [1.807, 2.05) is 66.7 Å². The molecule has 45 heavy (non-hydrogen) atoms. The van der Waals surface area contributed by atoms with E-state index in [4.69, 9.17) is 19.4 Å². The molecule has 0 aliphatic heterocycles. The number of benzene rings is 6. The topological polar surface area (TPSA) is 51.8 Å². The maximum atomic E-state index is 6.17. The lowest BCUT2D eigenvalue weighted by Crippen LogP contribution is -1.96. The van der Waals surface area contributed by atoms with E-state index < -0.39 is 0 Å². The van der Waals surface area contributed by atoms with Gasteiger partial charge >= 0.3 is 0 Å². The van der Waals surface area contributed by atoms with Crippen LogP contribution in [0.4, 0.5) is 0 Å². The van der Waals surface area contributed by atoms with Crippen LogP contribution >= 0.6 is 0 Å². The minimum absolute atomic E-state index is 0.612. The van der Waals surface area contributed by atoms with Crippen molar-refractivity contribution in [2.24, 2.45) is 0 Å². The standard InChI is InChI=1S/C41H27N3O/c1-4-12-28(13-5-1)29-22-24-31(25-23-29)40-42-36(30-14-6-2-7-15-30)27-37(43-40)34-19-10-18-33(26-34)35-20-11-21-38-39(35)44-41(45-38)32-16-8-3-9-17-32/h1-27H. The maximum Gasteiger partial charge on any atom is 0.227 e. The summed E-state index contributed by atoms with van der Waals surface area (Å²) in [4.78, 5) is 15.0. The third kappa shape index (κ3) is 5.30. The van der Waals surface area contributed by atoms with Gasteiger partial charge in [-0.1, -0.05) is 133 Å². The molecule has 0 fully saturated rings. The number of hydrogen-bond acceptors (Lipinski definition) is 4. The molecule has 0 unspecified atom stereocenters. The van der Waals surface area contributed by atoms with Gasteiger partial charge in [0.25, 0.3) is 0 Å². The highest BCUT2D eigenvalue weighted by Crippen LogP contribution is 2.35. The second kappa shape index (κ2) is 11.5. The molecule has 8 aromatic rings. The van der Waals surface area contributed by atoms with E-state index in [9.17, 15) is 0 Å². The zero-order chi connectivity index (χ0) is 30.0. The van der Waals surface area contributed by atoms with Crippen LogP contribution in [0.25, 0.3) is 78.7 Å². The Bertz CT molecular complexity index is 2240. The smallest absolute Gasteiger partial charge is 0.227 e. The summed E-state index contributed by atoms with van der Waals surface area (Å²) in [5, 5.41) is 0. The number of nitrogens with zero attached hydrogens (tertiary/aromatic N) is 3. The lowest BCUT2D eigenvalue weighted by molar-refractivity contribution is 0.620. The minimum atomic E-state index is 0.612. The van der Waals surface area contributed by atoms with Crippen LogP contribution in [0.15, 0.2) is 168 Å². The summed E-state index contributed by atoms with van der Waals surface area (Å²) in [5.74, 6) is 1.29. The summed E-state index contributed by atoms with van der Waals surface area (Å²) in [6, 6.07) is 55.7. The summed E-state index contributed by atoms with van der Waals surface area (Å²) in [7, 11) is 0. The number of hydrogen-bond donors (Lipinski definition) is 0. The van der Waals surface area contributed by atoms with E-state index in [-0.39, 0.29) is 0 Å². The normalized spacial score (nSPS) is 11.1. The molecule has 0 radical (unpaired) electrons. The maximum absolute atomic E-state index is 6.17. The Morgan fingerprint density at radius 1 is 0.356 bits per heavy atom. The van der Waals surface area contributed by atoms with Crippen LogP contribution in [0.1, 0.15) is 0 Å². The van der Waals surface area contributed by atoms with Gasteiger partial charge in [-0.15, -0.1) is 0 Å². The summed E-state index contributed by atoms with van der Waals surface area (Å²) in [6.45, 7) is 0. The number of rotatable bonds is 6. The van der Waals surface area contributed by atoms with E-state index in [1.54, 1.807) is 0 Å². The van der Waals surface area contributed by atoms with Gasteiger partial charge in [0.15, 0.2) is 11.4 Å². The van der Waals surface area contributed by atoms with Crippen LogP contribution in [-0.2, 0) is 0 Å². The fourth-order valence-electron chi connectivity index (χ4n) is 5.66. The third-order valence-corrected chi connectivity index (χ3v) is 7.95. The first-order valence-electron chi connectivity index (χ1n) is 14.9. The average Bonchev–Trinajstić information content (AvgIpc) is 3.58. The molecule has 0 aliphatic carbocycles. The minimum Gasteiger partial charge on any atom is -0.436 e. The zero-order valence-corrected chi connectivity index (χ0v) is 24.3. The van der Waals surface area contributed by atoms with Crippen molar-refractivity contribution in [3.8, 4) is 67.6 Å². The van der Waals surface area contributed by atoms with Gasteiger partial charge < -0.3 is 4.42 Å². The Labute approximate surface area is 261 Å². The molecule has 8 rings (SSSR count). The molecule has 2 aromatic heterocycles. The van der Waals surface area contributed by atoms with E-state index in [2.05, 4.69) is 97.1 Å². The molecule has 0 saturated heterocycles. The molecule has 0 bridgehead atoms. The van der Waals surface area contributed by atoms with Crippen molar-refractivity contribution in [1.29, 1.82) is 0 Å². The van der Waals surface area contributed by atoms with Crippen LogP contribution in [0.3, 0.4) is 0 Å². The Balaban J connectivity index is 1.22. The summed E-state index contributed by atoms with van der Waals surface area (Å²) >= 11 is 0. The highest BCUT2D eigenvalue weighted by Gasteiger charge is 2.15. The largest absolute Gasteiger partial charge is 0.436 e. The predicted molar refractivity (Wildman–Crippen MR) is 182 cm³/mol. The second-order valence-corrected chi connectivity index (χ2v) is 10.9. The molecule has 0 aliphatic rings. The van der Waals surface area contributed by atoms with Gasteiger partial charge in [-0.05, 0) is 47.0 Å². The summed E-state index contributed by atoms with van der Waals surface area (Å²) < 4.78 is 6.17. The Hall–Kier alpha value is -6.13. The molecule has 0 N–H and O–H groups in total. The van der Waals surface area contributed by atoms with Crippen LogP contribution in [0.5, 0.6) is 0 Å². The quantitative estimate of drug-likeness (QED) is 0.197. The summed E-state index contributed by atoms with van der Waals surface area (Å²) in [5.41, 5.74) is 11.7. The molecule has 0 spiro atoms. The van der Waals surface area contributed by atoms with Crippen molar-refractivity contribution in [3.63, 3.8) is 0 Å². The molecule has 4 nitrogen and oxygen atoms in total. The highest BCUT2D eigenvalue weighted by atomic mass is 16.3. The molecule has 0 saturated carbocycles. The monoisotopic (exact) mass is 577 g/mol. The van der Waals surface area contributed by atoms with E-state index in [1.165, 1.54) is 5.56 Å². The van der Waals surface area contributed by atoms with Crippen molar-refractivity contribution in [1.82, 2.24) is 15.0 Å². The van der Waals surface area contributed by atoms with E-state index >= 15 is 0 Å². The van der Waals surface area contributed by atoms with Gasteiger partial charge in [-0.2, -0.15) is 0 Å². The number of oxazole rings is 1. The second-order valence-electron chi connectivity index (χ2n) is 10.9. The summed E-state index contributed by atoms with van der Waals surface area (Å²) in [6.07, 6.45) is 0. The lowest BCUT2D eigenvalue weighted by atomic mass is 9.99. The van der Waals surface area contributed by atoms with Crippen molar-refractivity contribution in [2.75, 3.05) is 0 Å². The van der Waals surface area contributed by atoms with Crippen LogP contribution in [-0.4, -0.2) is 15.0 Å². The molecule has 6 aromatic carbocycles. The first-order chi connectivity index (χ1) is 22.3. The average molecular weight is 578 g/mol. The van der Waals surface area contributed by atoms with Gasteiger partial charge in [-0.25, -0.2) is 15.0 Å². The zero-order valence-electron chi connectivity index (χ0n) is 24.3. The van der Waals surface area contributed by atoms with Gasteiger partial charge in [0.1, 0.15) is 5.52 Å².